The number of Topliss-reactive ketones (excluding diaryl/α,β-unsaturated/α-hetero) is 2. The summed E-state index contributed by atoms with van der Waals surface area (Å²) in [6.45, 7) is 3.60. The summed E-state index contributed by atoms with van der Waals surface area (Å²) in [7, 11) is -3.99. The van der Waals surface area contributed by atoms with Gasteiger partial charge in [0, 0.05) is 11.9 Å². The molecule has 114 valence electrons. The minimum absolute atomic E-state index is 0.0722. The SMILES string of the molecule is CC(=O)C(O/C(C)=N/S(=O)(=O)c1ccc(Cl)cc1)C(C)=O. The molecule has 0 aromatic heterocycles. The average Bonchev–Trinajstić information content (AvgIpc) is 2.35. The predicted octanol–water partition coefficient (Wildman–Crippen LogP) is 2.01. The van der Waals surface area contributed by atoms with E-state index in [0.717, 1.165) is 0 Å². The van der Waals surface area contributed by atoms with Gasteiger partial charge in [0.1, 0.15) is 0 Å². The molecule has 0 N–H and O–H groups in total. The maximum Gasteiger partial charge on any atom is 0.285 e. The lowest BCUT2D eigenvalue weighted by atomic mass is 10.2. The number of benzene rings is 1. The molecular formula is C13H14ClNO5S. The first-order chi connectivity index (χ1) is 9.63. The molecule has 0 saturated heterocycles. The van der Waals surface area contributed by atoms with E-state index < -0.39 is 27.7 Å². The van der Waals surface area contributed by atoms with Crippen LogP contribution >= 0.6 is 11.6 Å². The van der Waals surface area contributed by atoms with Gasteiger partial charge in [-0.15, -0.1) is 4.40 Å². The van der Waals surface area contributed by atoms with Gasteiger partial charge in [-0.05, 0) is 38.1 Å². The molecule has 0 bridgehead atoms. The normalized spacial score (nSPS) is 12.3. The number of carbonyl (C=O) groups excluding carboxylic acids is 2. The number of sulfonamides is 1. The Balaban J connectivity index is 3.02. The van der Waals surface area contributed by atoms with Gasteiger partial charge in [-0.2, -0.15) is 8.42 Å². The zero-order valence-electron chi connectivity index (χ0n) is 11.7. The van der Waals surface area contributed by atoms with Crippen LogP contribution in [0.1, 0.15) is 20.8 Å². The lowest BCUT2D eigenvalue weighted by Gasteiger charge is -2.12. The first-order valence-electron chi connectivity index (χ1n) is 5.88. The molecule has 8 heteroatoms. The van der Waals surface area contributed by atoms with Crippen LogP contribution in [0.2, 0.25) is 5.02 Å². The van der Waals surface area contributed by atoms with Crippen LogP contribution in [0.15, 0.2) is 33.6 Å². The van der Waals surface area contributed by atoms with Crippen molar-refractivity contribution >= 4 is 39.1 Å². The Bertz CT molecular complexity index is 665. The lowest BCUT2D eigenvalue weighted by molar-refractivity contribution is -0.134. The van der Waals surface area contributed by atoms with E-state index in [-0.39, 0.29) is 10.8 Å². The third-order valence-electron chi connectivity index (χ3n) is 2.39. The molecule has 0 aliphatic rings. The number of hydrogen-bond acceptors (Lipinski definition) is 5. The second-order valence-electron chi connectivity index (χ2n) is 4.26. The van der Waals surface area contributed by atoms with Crippen molar-refractivity contribution in [3.63, 3.8) is 0 Å². The molecule has 1 rings (SSSR count). The molecule has 0 radical (unpaired) electrons. The summed E-state index contributed by atoms with van der Waals surface area (Å²) in [4.78, 5) is 22.4. The van der Waals surface area contributed by atoms with Crippen molar-refractivity contribution in [2.75, 3.05) is 0 Å². The Hall–Kier alpha value is -1.73. The molecule has 0 amide bonds. The van der Waals surface area contributed by atoms with Gasteiger partial charge in [-0.3, -0.25) is 9.59 Å². The first kappa shape index (κ1) is 17.3. The molecule has 6 nitrogen and oxygen atoms in total. The van der Waals surface area contributed by atoms with Crippen molar-refractivity contribution in [2.45, 2.75) is 31.8 Å². The van der Waals surface area contributed by atoms with E-state index in [9.17, 15) is 18.0 Å². The summed E-state index contributed by atoms with van der Waals surface area (Å²) in [6.07, 6.45) is -1.35. The smallest absolute Gasteiger partial charge is 0.285 e. The van der Waals surface area contributed by atoms with Crippen molar-refractivity contribution in [2.24, 2.45) is 4.40 Å². The number of carbonyl (C=O) groups is 2. The largest absolute Gasteiger partial charge is 0.461 e. The van der Waals surface area contributed by atoms with Crippen molar-refractivity contribution in [1.29, 1.82) is 0 Å². The fourth-order valence-electron chi connectivity index (χ4n) is 1.47. The molecule has 1 aromatic carbocycles. The van der Waals surface area contributed by atoms with Gasteiger partial charge in [0.15, 0.2) is 17.5 Å². The van der Waals surface area contributed by atoms with Crippen LogP contribution in [-0.4, -0.2) is 32.0 Å². The van der Waals surface area contributed by atoms with Crippen LogP contribution in [0.5, 0.6) is 0 Å². The Morgan fingerprint density at radius 1 is 1.10 bits per heavy atom. The van der Waals surface area contributed by atoms with E-state index >= 15 is 0 Å². The molecule has 0 atom stereocenters. The van der Waals surface area contributed by atoms with Gasteiger partial charge in [-0.1, -0.05) is 11.6 Å². The molecule has 0 aliphatic heterocycles. The Morgan fingerprint density at radius 2 is 1.57 bits per heavy atom. The Labute approximate surface area is 127 Å². The quantitative estimate of drug-likeness (QED) is 0.467. The second-order valence-corrected chi connectivity index (χ2v) is 6.30. The van der Waals surface area contributed by atoms with Gasteiger partial charge in [0.05, 0.1) is 4.90 Å². The van der Waals surface area contributed by atoms with Crippen molar-refractivity contribution in [1.82, 2.24) is 0 Å². The zero-order chi connectivity index (χ0) is 16.2. The van der Waals surface area contributed by atoms with Crippen LogP contribution in [0.25, 0.3) is 0 Å². The first-order valence-corrected chi connectivity index (χ1v) is 7.70. The maximum atomic E-state index is 12.0. The topological polar surface area (TPSA) is 89.9 Å². The molecule has 0 unspecified atom stereocenters. The van der Waals surface area contributed by atoms with E-state index in [1.54, 1.807) is 0 Å². The standard InChI is InChI=1S/C13H14ClNO5S/c1-8(16)13(9(2)17)20-10(3)15-21(18,19)12-6-4-11(14)5-7-12/h4-7,13H,1-3H3/b15-10+. The summed E-state index contributed by atoms with van der Waals surface area (Å²) >= 11 is 5.68. The number of halogens is 1. The highest BCUT2D eigenvalue weighted by Crippen LogP contribution is 2.16. The summed E-state index contributed by atoms with van der Waals surface area (Å²) in [5.74, 6) is -1.35. The number of ether oxygens (including phenoxy) is 1. The number of ketones is 2. The van der Waals surface area contributed by atoms with Crippen LogP contribution in [0.4, 0.5) is 0 Å². The van der Waals surface area contributed by atoms with Crippen molar-refractivity contribution in [3.8, 4) is 0 Å². The average molecular weight is 332 g/mol. The summed E-state index contributed by atoms with van der Waals surface area (Å²) in [6, 6.07) is 5.41. The molecule has 0 heterocycles. The zero-order valence-corrected chi connectivity index (χ0v) is 13.2. The summed E-state index contributed by atoms with van der Waals surface area (Å²) in [5.41, 5.74) is 0. The Morgan fingerprint density at radius 3 is 2.00 bits per heavy atom. The Kier molecular flexibility index (Phi) is 5.62. The van der Waals surface area contributed by atoms with Gasteiger partial charge in [-0.25, -0.2) is 0 Å². The highest BCUT2D eigenvalue weighted by molar-refractivity contribution is 7.90. The van der Waals surface area contributed by atoms with Gasteiger partial charge in [0.25, 0.3) is 10.0 Å². The third kappa shape index (κ3) is 4.95. The van der Waals surface area contributed by atoms with E-state index in [2.05, 4.69) is 4.40 Å². The molecule has 0 aliphatic carbocycles. The summed E-state index contributed by atoms with van der Waals surface area (Å²) in [5, 5.41) is 0.388. The van der Waals surface area contributed by atoms with E-state index in [4.69, 9.17) is 16.3 Å². The number of hydrogen-bond donors (Lipinski definition) is 0. The number of nitrogens with zero attached hydrogens (tertiary/aromatic N) is 1. The number of rotatable bonds is 5. The minimum Gasteiger partial charge on any atom is -0.461 e. The maximum absolute atomic E-state index is 12.0. The molecule has 0 fully saturated rings. The minimum atomic E-state index is -3.99. The molecule has 0 saturated carbocycles. The highest BCUT2D eigenvalue weighted by atomic mass is 35.5. The molecule has 0 spiro atoms. The molecular weight excluding hydrogens is 318 g/mol. The van der Waals surface area contributed by atoms with Gasteiger partial charge >= 0.3 is 0 Å². The van der Waals surface area contributed by atoms with Crippen molar-refractivity contribution < 1.29 is 22.7 Å². The van der Waals surface area contributed by atoms with Crippen LogP contribution in [-0.2, 0) is 24.3 Å². The highest BCUT2D eigenvalue weighted by Gasteiger charge is 2.23. The van der Waals surface area contributed by atoms with E-state index in [1.807, 2.05) is 0 Å². The monoisotopic (exact) mass is 331 g/mol. The fourth-order valence-corrected chi connectivity index (χ4v) is 2.57. The van der Waals surface area contributed by atoms with Crippen LogP contribution in [0, 0.1) is 0 Å². The van der Waals surface area contributed by atoms with E-state index in [1.165, 1.54) is 45.0 Å². The lowest BCUT2D eigenvalue weighted by Crippen LogP contribution is -2.31. The third-order valence-corrected chi connectivity index (χ3v) is 4.00. The van der Waals surface area contributed by atoms with Gasteiger partial charge in [0.2, 0.25) is 6.10 Å². The van der Waals surface area contributed by atoms with Crippen LogP contribution < -0.4 is 0 Å². The summed E-state index contributed by atoms with van der Waals surface area (Å²) < 4.78 is 32.4. The predicted molar refractivity (Wildman–Crippen MR) is 78.0 cm³/mol. The van der Waals surface area contributed by atoms with Crippen LogP contribution in [0.3, 0.4) is 0 Å². The molecule has 21 heavy (non-hydrogen) atoms. The fraction of sp³-hybridized carbons (Fsp3) is 0.308. The second kappa shape index (κ2) is 6.82. The molecule has 1 aromatic rings. The van der Waals surface area contributed by atoms with Gasteiger partial charge < -0.3 is 4.74 Å². The van der Waals surface area contributed by atoms with E-state index in [0.29, 0.717) is 5.02 Å². The van der Waals surface area contributed by atoms with Crippen molar-refractivity contribution in [3.05, 3.63) is 29.3 Å².